The van der Waals surface area contributed by atoms with Crippen LogP contribution >= 0.6 is 0 Å². The van der Waals surface area contributed by atoms with Gasteiger partial charge in [-0.25, -0.2) is 4.21 Å². The lowest BCUT2D eigenvalue weighted by Crippen LogP contribution is -2.55. The zero-order valence-electron chi connectivity index (χ0n) is 19.3. The first-order valence-corrected chi connectivity index (χ1v) is 12.1. The van der Waals surface area contributed by atoms with E-state index in [2.05, 4.69) is 10.6 Å². The van der Waals surface area contributed by atoms with Crippen LogP contribution < -0.4 is 19.8 Å². The summed E-state index contributed by atoms with van der Waals surface area (Å²) in [6.07, 6.45) is 0. The molecule has 0 aromatic heterocycles. The summed E-state index contributed by atoms with van der Waals surface area (Å²) in [6, 6.07) is 17.5. The van der Waals surface area contributed by atoms with Crippen molar-refractivity contribution in [1.29, 1.82) is 0 Å². The summed E-state index contributed by atoms with van der Waals surface area (Å²) in [7, 11) is 1.65. The van der Waals surface area contributed by atoms with E-state index in [-0.39, 0.29) is 24.9 Å². The zero-order valence-corrected chi connectivity index (χ0v) is 20.1. The molecule has 3 aromatic carbocycles. The maximum absolute atomic E-state index is 13.9. The van der Waals surface area contributed by atoms with Gasteiger partial charge in [0.25, 0.3) is 17.2 Å². The largest absolute Gasteiger partial charge is 0.341 e. The average Bonchev–Trinajstić information content (AvgIpc) is 2.95. The highest BCUT2D eigenvalue weighted by Crippen LogP contribution is 2.35. The second kappa shape index (κ2) is 9.92. The molecule has 0 radical (unpaired) electrons. The molecule has 1 aliphatic heterocycles. The summed E-state index contributed by atoms with van der Waals surface area (Å²) in [5.74, 6) is -0.707. The number of hydrogen-bond acceptors (Lipinski definition) is 4. The summed E-state index contributed by atoms with van der Waals surface area (Å²) in [5, 5.41) is 7.71. The predicted octanol–water partition coefficient (Wildman–Crippen LogP) is 2.73. The fourth-order valence-corrected chi connectivity index (χ4v) is 4.81. The van der Waals surface area contributed by atoms with Crippen molar-refractivity contribution in [2.45, 2.75) is 32.5 Å². The Bertz CT molecular complexity index is 1260. The Morgan fingerprint density at radius 3 is 2.50 bits per heavy atom. The van der Waals surface area contributed by atoms with Crippen molar-refractivity contribution in [2.24, 2.45) is 0 Å². The van der Waals surface area contributed by atoms with E-state index >= 15 is 0 Å². The van der Waals surface area contributed by atoms with Gasteiger partial charge in [0.15, 0.2) is 0 Å². The van der Waals surface area contributed by atoms with Crippen molar-refractivity contribution in [3.05, 3.63) is 71.8 Å². The number of likely N-dealkylation sites (N-methyl/N-ethyl adjacent to an activating group) is 1. The van der Waals surface area contributed by atoms with Crippen LogP contribution in [0.2, 0.25) is 0 Å². The van der Waals surface area contributed by atoms with Crippen LogP contribution in [0, 0.1) is 6.92 Å². The Morgan fingerprint density at radius 1 is 1.12 bits per heavy atom. The Balaban J connectivity index is 1.83. The fourth-order valence-electron chi connectivity index (χ4n) is 4.21. The second-order valence-corrected chi connectivity index (χ2v) is 9.26. The lowest BCUT2D eigenvalue weighted by Gasteiger charge is -2.27. The molecule has 0 fully saturated rings. The summed E-state index contributed by atoms with van der Waals surface area (Å²) in [5.41, 5.74) is 2.97. The Kier molecular flexibility index (Phi) is 6.97. The quantitative estimate of drug-likeness (QED) is 0.471. The third-order valence-corrected chi connectivity index (χ3v) is 7.00. The number of carbonyl (C=O) groups excluding carboxylic acids is 2. The highest BCUT2D eigenvalue weighted by molar-refractivity contribution is 7.80. The zero-order chi connectivity index (χ0) is 24.4. The molecule has 9 heteroatoms. The van der Waals surface area contributed by atoms with Gasteiger partial charge < -0.3 is 15.5 Å². The summed E-state index contributed by atoms with van der Waals surface area (Å²) in [4.78, 5) is 28.1. The standard InChI is InChI=1S/C25H28N4O4S/c1-16-12-13-18-8-4-5-9-19(18)20(16)14-28-22-10-6-7-11-23(22)29(34(32)33)15-21(25(28)31)27-24(30)17(2)26-3/h4-13,17,21,26H,14-15H2,1-3H3,(H,27,30)(H,32,33)/t17-,21-/m0/s1. The molecule has 3 aromatic rings. The van der Waals surface area contributed by atoms with E-state index in [0.29, 0.717) is 11.4 Å². The number of benzene rings is 3. The van der Waals surface area contributed by atoms with Gasteiger partial charge in [-0.2, -0.15) is 0 Å². The van der Waals surface area contributed by atoms with E-state index in [1.54, 1.807) is 43.1 Å². The van der Waals surface area contributed by atoms with Crippen LogP contribution in [0.5, 0.6) is 0 Å². The van der Waals surface area contributed by atoms with Crippen molar-refractivity contribution in [3.8, 4) is 0 Å². The van der Waals surface area contributed by atoms with Gasteiger partial charge in [0.1, 0.15) is 6.04 Å². The monoisotopic (exact) mass is 480 g/mol. The minimum atomic E-state index is -2.39. The van der Waals surface area contributed by atoms with Crippen LogP contribution in [0.1, 0.15) is 18.1 Å². The number of fused-ring (bicyclic) bond motifs is 2. The van der Waals surface area contributed by atoms with Gasteiger partial charge in [-0.1, -0.05) is 48.5 Å². The van der Waals surface area contributed by atoms with Crippen molar-refractivity contribution < 1.29 is 18.4 Å². The minimum absolute atomic E-state index is 0.133. The molecule has 1 unspecified atom stereocenters. The SMILES string of the molecule is CN[C@@H](C)C(=O)N[C@H]1CN(S(=O)O)c2ccccc2N(Cc2c(C)ccc3ccccc23)C1=O. The number of nitrogens with one attached hydrogen (secondary N) is 2. The van der Waals surface area contributed by atoms with Gasteiger partial charge in [0.2, 0.25) is 5.91 Å². The van der Waals surface area contributed by atoms with Gasteiger partial charge in [-0.05, 0) is 54.9 Å². The van der Waals surface area contributed by atoms with E-state index in [0.717, 1.165) is 21.9 Å². The van der Waals surface area contributed by atoms with Crippen molar-refractivity contribution >= 4 is 45.2 Å². The summed E-state index contributed by atoms with van der Waals surface area (Å²) in [6.45, 7) is 3.80. The van der Waals surface area contributed by atoms with E-state index in [1.807, 2.05) is 43.3 Å². The molecule has 4 rings (SSSR count). The normalized spacial score (nSPS) is 17.8. The number of aryl methyl sites for hydroxylation is 1. The molecule has 1 aliphatic rings. The van der Waals surface area contributed by atoms with Crippen LogP contribution in [0.3, 0.4) is 0 Å². The maximum Gasteiger partial charge on any atom is 0.261 e. The first kappa shape index (κ1) is 23.9. The van der Waals surface area contributed by atoms with Gasteiger partial charge in [-0.15, -0.1) is 0 Å². The third kappa shape index (κ3) is 4.54. The molecule has 34 heavy (non-hydrogen) atoms. The van der Waals surface area contributed by atoms with Crippen LogP contribution in [-0.4, -0.2) is 46.3 Å². The van der Waals surface area contributed by atoms with Gasteiger partial charge >= 0.3 is 0 Å². The number of amides is 2. The van der Waals surface area contributed by atoms with E-state index in [9.17, 15) is 18.4 Å². The van der Waals surface area contributed by atoms with Crippen LogP contribution in [0.4, 0.5) is 11.4 Å². The fraction of sp³-hybridized carbons (Fsp3) is 0.280. The summed E-state index contributed by atoms with van der Waals surface area (Å²) < 4.78 is 23.6. The topological polar surface area (TPSA) is 102 Å². The molecule has 8 nitrogen and oxygen atoms in total. The lowest BCUT2D eigenvalue weighted by atomic mass is 9.99. The summed E-state index contributed by atoms with van der Waals surface area (Å²) >= 11 is -2.39. The first-order valence-electron chi connectivity index (χ1n) is 11.1. The highest BCUT2D eigenvalue weighted by atomic mass is 32.2. The minimum Gasteiger partial charge on any atom is -0.341 e. The van der Waals surface area contributed by atoms with Crippen molar-refractivity contribution in [3.63, 3.8) is 0 Å². The number of anilines is 2. The Hall–Kier alpha value is -3.27. The van der Waals surface area contributed by atoms with Crippen LogP contribution in [0.15, 0.2) is 60.7 Å². The van der Waals surface area contributed by atoms with Crippen molar-refractivity contribution in [1.82, 2.24) is 10.6 Å². The molecule has 0 saturated carbocycles. The number of carbonyl (C=O) groups is 2. The predicted molar refractivity (Wildman–Crippen MR) is 135 cm³/mol. The molecule has 0 bridgehead atoms. The van der Waals surface area contributed by atoms with Crippen LogP contribution in [-0.2, 0) is 27.4 Å². The van der Waals surface area contributed by atoms with Gasteiger partial charge in [0, 0.05) is 0 Å². The molecule has 3 atom stereocenters. The Morgan fingerprint density at radius 2 is 1.79 bits per heavy atom. The maximum atomic E-state index is 13.9. The average molecular weight is 481 g/mol. The molecule has 178 valence electrons. The number of rotatable bonds is 6. The van der Waals surface area contributed by atoms with Crippen molar-refractivity contribution in [2.75, 3.05) is 22.8 Å². The molecular formula is C25H28N4O4S. The molecule has 0 aliphatic carbocycles. The first-order chi connectivity index (χ1) is 16.3. The number of para-hydroxylation sites is 2. The van der Waals surface area contributed by atoms with E-state index in [4.69, 9.17) is 0 Å². The van der Waals surface area contributed by atoms with E-state index in [1.165, 1.54) is 4.31 Å². The number of hydrogen-bond donors (Lipinski definition) is 3. The van der Waals surface area contributed by atoms with E-state index < -0.39 is 23.4 Å². The molecule has 0 saturated heterocycles. The highest BCUT2D eigenvalue weighted by Gasteiger charge is 2.37. The third-order valence-electron chi connectivity index (χ3n) is 6.28. The smallest absolute Gasteiger partial charge is 0.261 e. The van der Waals surface area contributed by atoms with Gasteiger partial charge in [-0.3, -0.25) is 18.4 Å². The molecule has 0 spiro atoms. The molecule has 2 amide bonds. The second-order valence-electron chi connectivity index (χ2n) is 8.36. The van der Waals surface area contributed by atoms with Gasteiger partial charge in [0.05, 0.1) is 30.5 Å². The van der Waals surface area contributed by atoms with Crippen LogP contribution in [0.25, 0.3) is 10.8 Å². The Labute approximate surface area is 201 Å². The molecule has 3 N–H and O–H groups in total. The molecular weight excluding hydrogens is 452 g/mol. The molecule has 1 heterocycles. The lowest BCUT2D eigenvalue weighted by molar-refractivity contribution is -0.128. The number of nitrogens with zero attached hydrogens (tertiary/aromatic N) is 2.